The van der Waals surface area contributed by atoms with Crippen molar-refractivity contribution >= 4 is 5.78 Å². The summed E-state index contributed by atoms with van der Waals surface area (Å²) in [6.07, 6.45) is 1.28. The number of aromatic amines is 1. The Kier molecular flexibility index (Phi) is 1.67. The molecule has 1 aromatic heterocycles. The predicted octanol–water partition coefficient (Wildman–Crippen LogP) is 0.269. The maximum atomic E-state index is 10.4. The number of aromatic nitrogens is 1. The Labute approximate surface area is 57.7 Å². The number of H-pyrrole nitrogens is 1. The fraction of sp³-hybridized carbons (Fsp3) is 0. The van der Waals surface area contributed by atoms with Crippen molar-refractivity contribution in [3.63, 3.8) is 0 Å². The summed E-state index contributed by atoms with van der Waals surface area (Å²) in [7, 11) is 0. The van der Waals surface area contributed by atoms with Gasteiger partial charge >= 0.3 is 0 Å². The third-order valence-corrected chi connectivity index (χ3v) is 1.07. The van der Waals surface area contributed by atoms with Crippen LogP contribution in [0.1, 0.15) is 10.4 Å². The van der Waals surface area contributed by atoms with Crippen molar-refractivity contribution in [2.45, 2.75) is 0 Å². The predicted molar refractivity (Wildman–Crippen MR) is 35.7 cm³/mol. The highest BCUT2D eigenvalue weighted by molar-refractivity contribution is 5.98. The van der Waals surface area contributed by atoms with Crippen LogP contribution in [-0.2, 0) is 0 Å². The molecule has 0 fully saturated rings. The van der Waals surface area contributed by atoms with E-state index in [4.69, 9.17) is 6.92 Å². The summed E-state index contributed by atoms with van der Waals surface area (Å²) in [6, 6.07) is 2.63. The third-order valence-electron chi connectivity index (χ3n) is 1.07. The minimum atomic E-state index is -0.545. The molecule has 0 bridgehead atoms. The molecule has 0 aromatic carbocycles. The van der Waals surface area contributed by atoms with Crippen LogP contribution in [0.3, 0.4) is 0 Å². The van der Waals surface area contributed by atoms with Gasteiger partial charge in [0.1, 0.15) is 0 Å². The first-order valence-electron chi connectivity index (χ1n) is 2.68. The minimum Gasteiger partial charge on any atom is -0.328 e. The smallest absolute Gasteiger partial charge is 0.247 e. The number of hydrogen-bond acceptors (Lipinski definition) is 2. The van der Waals surface area contributed by atoms with Gasteiger partial charge in [0.15, 0.2) is 5.78 Å². The molecular formula is C7H5NO2. The number of pyridine rings is 1. The quantitative estimate of drug-likeness (QED) is 0.562. The van der Waals surface area contributed by atoms with Crippen molar-refractivity contribution in [2.75, 3.05) is 0 Å². The van der Waals surface area contributed by atoms with Crippen LogP contribution >= 0.6 is 0 Å². The molecular weight excluding hydrogens is 130 g/mol. The fourth-order valence-corrected chi connectivity index (χ4v) is 0.564. The van der Waals surface area contributed by atoms with Crippen LogP contribution in [0.25, 0.3) is 0 Å². The molecule has 1 heterocycles. The van der Waals surface area contributed by atoms with Gasteiger partial charge in [-0.25, -0.2) is 0 Å². The van der Waals surface area contributed by atoms with E-state index in [1.165, 1.54) is 18.3 Å². The molecule has 1 aromatic rings. The van der Waals surface area contributed by atoms with Gasteiger partial charge in [-0.1, -0.05) is 0 Å². The Bertz CT molecular complexity index is 280. The summed E-state index contributed by atoms with van der Waals surface area (Å²) < 4.78 is 0. The molecule has 0 aliphatic carbocycles. The first-order valence-corrected chi connectivity index (χ1v) is 2.68. The van der Waals surface area contributed by atoms with Crippen LogP contribution in [0, 0.1) is 6.92 Å². The zero-order valence-electron chi connectivity index (χ0n) is 5.13. The van der Waals surface area contributed by atoms with E-state index in [0.717, 1.165) is 0 Å². The summed E-state index contributed by atoms with van der Waals surface area (Å²) in [5, 5.41) is 0. The van der Waals surface area contributed by atoms with Crippen LogP contribution in [-0.4, -0.2) is 10.8 Å². The second-order valence-corrected chi connectivity index (χ2v) is 1.81. The van der Waals surface area contributed by atoms with Gasteiger partial charge in [-0.3, -0.25) is 9.59 Å². The van der Waals surface area contributed by atoms with Crippen molar-refractivity contribution in [1.29, 1.82) is 0 Å². The Morgan fingerprint density at radius 3 is 2.60 bits per heavy atom. The lowest BCUT2D eigenvalue weighted by Crippen LogP contribution is -2.04. The van der Waals surface area contributed by atoms with Gasteiger partial charge in [-0.05, 0) is 6.07 Å². The number of nitrogens with one attached hydrogen (secondary N) is 1. The number of ketones is 1. The minimum absolute atomic E-state index is 0.245. The van der Waals surface area contributed by atoms with Crippen LogP contribution in [0.2, 0.25) is 0 Å². The number of hydrogen-bond donors (Lipinski definition) is 1. The van der Waals surface area contributed by atoms with Gasteiger partial charge in [0, 0.05) is 24.8 Å². The Hall–Kier alpha value is -1.38. The summed E-state index contributed by atoms with van der Waals surface area (Å²) in [6.45, 7) is 4.90. The molecule has 0 spiro atoms. The van der Waals surface area contributed by atoms with Gasteiger partial charge in [0.05, 0.1) is 0 Å². The second-order valence-electron chi connectivity index (χ2n) is 1.81. The summed E-state index contributed by atoms with van der Waals surface area (Å²) in [5.74, 6) is -0.545. The van der Waals surface area contributed by atoms with E-state index in [1.807, 2.05) is 0 Å². The first-order chi connectivity index (χ1) is 4.70. The lowest BCUT2D eigenvalue weighted by Gasteiger charge is -1.89. The highest BCUT2D eigenvalue weighted by Crippen LogP contribution is 1.92. The van der Waals surface area contributed by atoms with Gasteiger partial charge < -0.3 is 4.98 Å². The van der Waals surface area contributed by atoms with E-state index in [1.54, 1.807) is 0 Å². The average molecular weight is 135 g/mol. The van der Waals surface area contributed by atoms with Gasteiger partial charge in [0.2, 0.25) is 5.56 Å². The molecule has 0 aliphatic rings. The van der Waals surface area contributed by atoms with Gasteiger partial charge in [-0.15, -0.1) is 0 Å². The molecule has 50 valence electrons. The van der Waals surface area contributed by atoms with Crippen molar-refractivity contribution < 1.29 is 4.79 Å². The zero-order chi connectivity index (χ0) is 7.56. The summed E-state index contributed by atoms with van der Waals surface area (Å²) in [5.41, 5.74) is 0.0598. The number of rotatable bonds is 1. The number of carbonyl (C=O) groups is 1. The molecule has 0 aliphatic heterocycles. The molecule has 0 unspecified atom stereocenters. The molecule has 0 atom stereocenters. The van der Waals surface area contributed by atoms with E-state index < -0.39 is 5.78 Å². The lowest BCUT2D eigenvalue weighted by molar-refractivity contribution is 0.104. The van der Waals surface area contributed by atoms with Crippen molar-refractivity contribution in [3.8, 4) is 0 Å². The maximum absolute atomic E-state index is 10.4. The SMILES string of the molecule is [CH]C(=O)c1ccc(=O)[nH]c1. The highest BCUT2D eigenvalue weighted by atomic mass is 16.1. The molecule has 0 saturated carbocycles. The summed E-state index contributed by atoms with van der Waals surface area (Å²) >= 11 is 0. The Morgan fingerprint density at radius 1 is 1.50 bits per heavy atom. The van der Waals surface area contributed by atoms with Crippen LogP contribution in [0.4, 0.5) is 0 Å². The van der Waals surface area contributed by atoms with E-state index in [9.17, 15) is 9.59 Å². The first kappa shape index (κ1) is 6.74. The lowest BCUT2D eigenvalue weighted by atomic mass is 10.2. The van der Waals surface area contributed by atoms with E-state index in [2.05, 4.69) is 4.98 Å². The third kappa shape index (κ3) is 1.31. The van der Waals surface area contributed by atoms with E-state index in [-0.39, 0.29) is 5.56 Å². The molecule has 2 radical (unpaired) electrons. The summed E-state index contributed by atoms with van der Waals surface area (Å²) in [4.78, 5) is 23.2. The molecule has 1 rings (SSSR count). The fourth-order valence-electron chi connectivity index (χ4n) is 0.564. The number of Topliss-reactive ketones (excluding diaryl/α,β-unsaturated/α-hetero) is 1. The van der Waals surface area contributed by atoms with Gasteiger partial charge in [0.25, 0.3) is 0 Å². The number of carbonyl (C=O) groups excluding carboxylic acids is 1. The Balaban J connectivity index is 3.12. The Morgan fingerprint density at radius 2 is 2.20 bits per heavy atom. The largest absolute Gasteiger partial charge is 0.328 e. The molecule has 10 heavy (non-hydrogen) atoms. The second kappa shape index (κ2) is 2.47. The molecule has 1 N–H and O–H groups in total. The highest BCUT2D eigenvalue weighted by Gasteiger charge is 1.95. The molecule has 3 nitrogen and oxygen atoms in total. The van der Waals surface area contributed by atoms with Crippen LogP contribution in [0.15, 0.2) is 23.1 Å². The van der Waals surface area contributed by atoms with Crippen molar-refractivity contribution in [3.05, 3.63) is 41.2 Å². The standard InChI is InChI=1S/C7H5NO2/c1-5(9)6-2-3-7(10)8-4-6/h1-4H,(H,8,10). The van der Waals surface area contributed by atoms with Crippen LogP contribution < -0.4 is 5.56 Å². The molecule has 3 heteroatoms. The maximum Gasteiger partial charge on any atom is 0.247 e. The topological polar surface area (TPSA) is 49.9 Å². The van der Waals surface area contributed by atoms with Crippen molar-refractivity contribution in [2.24, 2.45) is 0 Å². The van der Waals surface area contributed by atoms with Crippen LogP contribution in [0.5, 0.6) is 0 Å². The zero-order valence-corrected chi connectivity index (χ0v) is 5.13. The monoisotopic (exact) mass is 135 g/mol. The van der Waals surface area contributed by atoms with E-state index >= 15 is 0 Å². The van der Waals surface area contributed by atoms with Crippen molar-refractivity contribution in [1.82, 2.24) is 4.98 Å². The average Bonchev–Trinajstić information content (AvgIpc) is 1.88. The molecule has 0 saturated heterocycles. The normalized spacial score (nSPS) is 9.30. The van der Waals surface area contributed by atoms with E-state index in [0.29, 0.717) is 5.56 Å². The molecule has 0 amide bonds. The van der Waals surface area contributed by atoms with Gasteiger partial charge in [-0.2, -0.15) is 0 Å².